The van der Waals surface area contributed by atoms with Crippen molar-refractivity contribution in [1.82, 2.24) is 4.98 Å². The van der Waals surface area contributed by atoms with E-state index in [0.717, 1.165) is 104 Å². The molecule has 7 nitrogen and oxygen atoms in total. The zero-order chi connectivity index (χ0) is 46.7. The zero-order valence-electron chi connectivity index (χ0n) is 41.5. The summed E-state index contributed by atoms with van der Waals surface area (Å²) in [4.78, 5) is 17.8. The lowest BCUT2D eigenvalue weighted by Crippen LogP contribution is -2.17. The number of pyridine rings is 1. The third-order valence-corrected chi connectivity index (χ3v) is 12.3. The molecule has 0 saturated heterocycles. The first-order valence-corrected chi connectivity index (χ1v) is 23.9. The fraction of sp³-hybridized carbons (Fsp3) is 0.509. The number of aromatic carboxylic acids is 1. The molecule has 0 saturated carbocycles. The van der Waals surface area contributed by atoms with Crippen LogP contribution < -0.4 is 18.9 Å². The molecule has 5 aromatic rings. The molecule has 0 atom stereocenters. The minimum absolute atomic E-state index is 0.132. The molecule has 0 radical (unpaired) electrons. The summed E-state index contributed by atoms with van der Waals surface area (Å²) in [5.74, 6) is 2.46. The molecule has 0 fully saturated rings. The second-order valence-corrected chi connectivity index (χ2v) is 21.1. The number of nitrogens with zero attached hydrogens (tertiary/aromatic N) is 1. The van der Waals surface area contributed by atoms with Crippen molar-refractivity contribution in [2.24, 2.45) is 0 Å². The van der Waals surface area contributed by atoms with E-state index in [4.69, 9.17) is 23.9 Å². The third kappa shape index (κ3) is 10.7. The Kier molecular flexibility index (Phi) is 14.8. The number of aromatic nitrogens is 1. The van der Waals surface area contributed by atoms with Crippen molar-refractivity contribution >= 4 is 16.9 Å². The number of ether oxygens (including phenoxy) is 4. The fourth-order valence-corrected chi connectivity index (χ4v) is 8.75. The van der Waals surface area contributed by atoms with Gasteiger partial charge in [-0.2, -0.15) is 0 Å². The van der Waals surface area contributed by atoms with Gasteiger partial charge in [-0.25, -0.2) is 4.79 Å². The highest BCUT2D eigenvalue weighted by Crippen LogP contribution is 2.45. The van der Waals surface area contributed by atoms with Gasteiger partial charge in [0.05, 0.1) is 43.2 Å². The van der Waals surface area contributed by atoms with Crippen molar-refractivity contribution in [3.05, 3.63) is 121 Å². The smallest absolute Gasteiger partial charge is 0.337 e. The van der Waals surface area contributed by atoms with E-state index in [0.29, 0.717) is 57.8 Å². The first kappa shape index (κ1) is 48.4. The van der Waals surface area contributed by atoms with Crippen LogP contribution in [0.15, 0.2) is 48.5 Å². The second-order valence-electron chi connectivity index (χ2n) is 21.1. The van der Waals surface area contributed by atoms with Crippen LogP contribution in [0.1, 0.15) is 193 Å². The molecule has 7 heteroatoms. The lowest BCUT2D eigenvalue weighted by molar-refractivity contribution is 0.0695. The predicted molar refractivity (Wildman–Crippen MR) is 263 cm³/mol. The minimum Gasteiger partial charge on any atom is -0.493 e. The van der Waals surface area contributed by atoms with Gasteiger partial charge in [0.1, 0.15) is 23.0 Å². The summed E-state index contributed by atoms with van der Waals surface area (Å²) in [6, 6.07) is 18.0. The lowest BCUT2D eigenvalue weighted by Gasteiger charge is -2.29. The van der Waals surface area contributed by atoms with Crippen molar-refractivity contribution in [3.8, 4) is 23.0 Å². The van der Waals surface area contributed by atoms with E-state index in [1.165, 1.54) is 16.7 Å². The number of benzene rings is 4. The average molecular weight is 870 g/mol. The Morgan fingerprint density at radius 1 is 0.500 bits per heavy atom. The van der Waals surface area contributed by atoms with Crippen LogP contribution in [0, 0.1) is 6.92 Å². The van der Waals surface area contributed by atoms with E-state index in [1.54, 1.807) is 6.92 Å². The molecule has 344 valence electrons. The highest BCUT2D eigenvalue weighted by molar-refractivity contribution is 5.96. The van der Waals surface area contributed by atoms with Gasteiger partial charge in [-0.05, 0) is 111 Å². The molecule has 0 spiro atoms. The molecule has 1 aromatic heterocycles. The maximum absolute atomic E-state index is 12.8. The maximum Gasteiger partial charge on any atom is 0.337 e. The van der Waals surface area contributed by atoms with Crippen molar-refractivity contribution < 1.29 is 28.8 Å². The Balaban J connectivity index is 1.85. The van der Waals surface area contributed by atoms with E-state index >= 15 is 0 Å². The molecule has 0 aliphatic heterocycles. The number of aryl methyl sites for hydroxylation is 1. The topological polar surface area (TPSA) is 87.1 Å². The van der Waals surface area contributed by atoms with Gasteiger partial charge < -0.3 is 24.1 Å². The number of hydrogen-bond donors (Lipinski definition) is 1. The summed E-state index contributed by atoms with van der Waals surface area (Å²) in [5, 5.41) is 11.2. The number of fused-ring (bicyclic) bond motifs is 10. The Bertz CT molecular complexity index is 2490. The summed E-state index contributed by atoms with van der Waals surface area (Å²) >= 11 is 0. The first-order valence-electron chi connectivity index (χ1n) is 23.9. The van der Waals surface area contributed by atoms with Crippen LogP contribution in [-0.4, -0.2) is 42.5 Å². The van der Waals surface area contributed by atoms with Gasteiger partial charge in [-0.1, -0.05) is 126 Å². The van der Waals surface area contributed by atoms with Gasteiger partial charge in [0.25, 0.3) is 0 Å². The van der Waals surface area contributed by atoms with Gasteiger partial charge >= 0.3 is 5.97 Å². The van der Waals surface area contributed by atoms with Gasteiger partial charge in [0.15, 0.2) is 0 Å². The Morgan fingerprint density at radius 3 is 1.12 bits per heavy atom. The van der Waals surface area contributed by atoms with E-state index in [9.17, 15) is 9.90 Å². The predicted octanol–water partition coefficient (Wildman–Crippen LogP) is 14.0. The highest BCUT2D eigenvalue weighted by Gasteiger charge is 2.29. The van der Waals surface area contributed by atoms with Crippen LogP contribution in [0.3, 0.4) is 0 Å². The molecule has 0 unspecified atom stereocenters. The van der Waals surface area contributed by atoms with Gasteiger partial charge in [-0.3, -0.25) is 4.98 Å². The number of carboxylic acid groups (broad SMARTS) is 1. The number of carboxylic acids is 1. The Hall–Kier alpha value is -5.04. The molecule has 1 aliphatic rings. The molecular weight excluding hydrogens is 795 g/mol. The van der Waals surface area contributed by atoms with Crippen molar-refractivity contribution in [2.45, 2.75) is 165 Å². The summed E-state index contributed by atoms with van der Waals surface area (Å²) in [6.45, 7) is 33.1. The van der Waals surface area contributed by atoms with Crippen LogP contribution in [0.25, 0.3) is 10.9 Å². The molecule has 0 amide bonds. The van der Waals surface area contributed by atoms with Gasteiger partial charge in [0.2, 0.25) is 0 Å². The highest BCUT2D eigenvalue weighted by atomic mass is 16.5. The lowest BCUT2D eigenvalue weighted by atomic mass is 9.80. The average Bonchev–Trinajstić information content (AvgIpc) is 3.20. The quantitative estimate of drug-likeness (QED) is 0.124. The summed E-state index contributed by atoms with van der Waals surface area (Å²) in [6.07, 6.45) is 5.60. The number of hydrogen-bond acceptors (Lipinski definition) is 6. The summed E-state index contributed by atoms with van der Waals surface area (Å²) in [5.41, 5.74) is 13.1. The molecule has 4 aromatic carbocycles. The molecule has 6 rings (SSSR count). The standard InChI is InChI=1S/C57H75NO6/c1-15-19-61-50-36-23-37-27-44(56(9,10)11)30-40(51(37)62-20-16-2)25-41-33-49-47(34-46(54(59)60)35(5)58-49)48(53(41)64-22-18-4)32-42-31-45(57(12,13)14)29-39(52(42)63-21-17-3)24-38(50)28-43(26-36)55(6,7)8/h26-31,33-34H,15-25,32H2,1-14H3,(H,59,60). The van der Waals surface area contributed by atoms with Crippen LogP contribution in [0.2, 0.25) is 0 Å². The fourth-order valence-electron chi connectivity index (χ4n) is 8.75. The molecule has 1 aliphatic carbocycles. The monoisotopic (exact) mass is 870 g/mol. The van der Waals surface area contributed by atoms with Crippen LogP contribution in [0.5, 0.6) is 23.0 Å². The van der Waals surface area contributed by atoms with E-state index in [-0.39, 0.29) is 21.8 Å². The molecule has 1 N–H and O–H groups in total. The van der Waals surface area contributed by atoms with Crippen LogP contribution >= 0.6 is 0 Å². The van der Waals surface area contributed by atoms with Crippen molar-refractivity contribution in [2.75, 3.05) is 26.4 Å². The summed E-state index contributed by atoms with van der Waals surface area (Å²) < 4.78 is 27.7. The largest absolute Gasteiger partial charge is 0.493 e. The van der Waals surface area contributed by atoms with E-state index in [1.807, 2.05) is 6.07 Å². The van der Waals surface area contributed by atoms with E-state index in [2.05, 4.69) is 132 Å². The Morgan fingerprint density at radius 2 is 0.812 bits per heavy atom. The molecular formula is C57H75NO6. The van der Waals surface area contributed by atoms with Crippen LogP contribution in [0.4, 0.5) is 0 Å². The minimum atomic E-state index is -1.00. The Labute approximate surface area is 384 Å². The van der Waals surface area contributed by atoms with E-state index < -0.39 is 5.97 Å². The van der Waals surface area contributed by atoms with Gasteiger partial charge in [0, 0.05) is 42.2 Å². The van der Waals surface area contributed by atoms with Crippen molar-refractivity contribution in [3.63, 3.8) is 0 Å². The molecule has 1 heterocycles. The second kappa shape index (κ2) is 19.6. The maximum atomic E-state index is 12.8. The molecule has 8 bridgehead atoms. The normalized spacial score (nSPS) is 13.2. The van der Waals surface area contributed by atoms with Gasteiger partial charge in [-0.15, -0.1) is 0 Å². The van der Waals surface area contributed by atoms with Crippen LogP contribution in [-0.2, 0) is 41.9 Å². The first-order chi connectivity index (χ1) is 30.2. The third-order valence-electron chi connectivity index (χ3n) is 12.3. The summed E-state index contributed by atoms with van der Waals surface area (Å²) in [7, 11) is 0. The zero-order valence-corrected chi connectivity index (χ0v) is 41.5. The number of carbonyl (C=O) groups is 1. The number of rotatable bonds is 13. The van der Waals surface area contributed by atoms with Crippen molar-refractivity contribution in [1.29, 1.82) is 0 Å². The SMILES string of the molecule is CCCOc1c2cc(C(C)(C)C)cc1Cc1cc(C(C)(C)C)cc(c1OCCC)Cc1c(OCCC)c(cc3nc(C)c(C(=O)O)cc13)Cc1cc(C(C)(C)C)cc(c1OCCC)C2. The molecule has 64 heavy (non-hydrogen) atoms.